The molecule has 1 aliphatic heterocycles. The topological polar surface area (TPSA) is 135 Å². The van der Waals surface area contributed by atoms with Crippen LogP contribution in [0.2, 0.25) is 0 Å². The van der Waals surface area contributed by atoms with E-state index in [9.17, 15) is 19.6 Å². The molecule has 3 rings (SSSR count). The SMILES string of the molecule is CCOC1C=C(C(CC#N)N2C(=O)c3cccc(NC(N)=O)c3C2=O)C=CC1OC. The summed E-state index contributed by atoms with van der Waals surface area (Å²) in [6.45, 7) is 2.29. The van der Waals surface area contributed by atoms with Crippen molar-refractivity contribution in [3.8, 4) is 6.07 Å². The Morgan fingerprint density at radius 3 is 2.73 bits per heavy atom. The number of ether oxygens (including phenoxy) is 2. The number of fused-ring (bicyclic) bond motifs is 1. The highest BCUT2D eigenvalue weighted by atomic mass is 16.5. The smallest absolute Gasteiger partial charge is 0.316 e. The van der Waals surface area contributed by atoms with Gasteiger partial charge in [-0.25, -0.2) is 4.79 Å². The normalized spacial score (nSPS) is 21.1. The van der Waals surface area contributed by atoms with Crippen molar-refractivity contribution in [1.82, 2.24) is 4.90 Å². The lowest BCUT2D eigenvalue weighted by molar-refractivity contribution is -0.00667. The molecule has 30 heavy (non-hydrogen) atoms. The first-order valence-corrected chi connectivity index (χ1v) is 9.41. The van der Waals surface area contributed by atoms with Crippen LogP contribution in [0.5, 0.6) is 0 Å². The molecule has 4 amide bonds. The molecule has 2 aliphatic rings. The van der Waals surface area contributed by atoms with Crippen LogP contribution in [0.1, 0.15) is 34.1 Å². The number of hydrogen-bond donors (Lipinski definition) is 2. The zero-order chi connectivity index (χ0) is 21.8. The monoisotopic (exact) mass is 410 g/mol. The Morgan fingerprint density at radius 1 is 1.33 bits per heavy atom. The molecule has 0 saturated carbocycles. The predicted molar refractivity (Wildman–Crippen MR) is 108 cm³/mol. The number of hydrogen-bond acceptors (Lipinski definition) is 6. The third-order valence-corrected chi connectivity index (χ3v) is 4.98. The van der Waals surface area contributed by atoms with Crippen LogP contribution in [-0.2, 0) is 9.47 Å². The van der Waals surface area contributed by atoms with Gasteiger partial charge in [-0.15, -0.1) is 0 Å². The first kappa shape index (κ1) is 21.2. The van der Waals surface area contributed by atoms with E-state index in [0.29, 0.717) is 12.2 Å². The maximum atomic E-state index is 13.2. The fourth-order valence-corrected chi connectivity index (χ4v) is 3.69. The summed E-state index contributed by atoms with van der Waals surface area (Å²) in [6.07, 6.45) is 4.45. The molecular formula is C21H22N4O5. The Kier molecular flexibility index (Phi) is 6.30. The maximum Gasteiger partial charge on any atom is 0.316 e. The number of anilines is 1. The molecule has 156 valence electrons. The van der Waals surface area contributed by atoms with Gasteiger partial charge in [-0.2, -0.15) is 5.26 Å². The lowest BCUT2D eigenvalue weighted by Gasteiger charge is -2.30. The van der Waals surface area contributed by atoms with Crippen LogP contribution in [0.15, 0.2) is 42.0 Å². The minimum absolute atomic E-state index is 0.0563. The molecule has 3 N–H and O–H groups in total. The van der Waals surface area contributed by atoms with Crippen molar-refractivity contribution in [2.45, 2.75) is 31.6 Å². The first-order chi connectivity index (χ1) is 14.4. The van der Waals surface area contributed by atoms with Crippen LogP contribution in [0, 0.1) is 11.3 Å². The number of nitriles is 1. The van der Waals surface area contributed by atoms with Crippen molar-refractivity contribution in [2.24, 2.45) is 5.73 Å². The average molecular weight is 410 g/mol. The quantitative estimate of drug-likeness (QED) is 0.660. The molecule has 0 fully saturated rings. The van der Waals surface area contributed by atoms with Gasteiger partial charge in [0.2, 0.25) is 0 Å². The highest BCUT2D eigenvalue weighted by Gasteiger charge is 2.43. The molecule has 0 saturated heterocycles. The average Bonchev–Trinajstić information content (AvgIpc) is 2.97. The Hall–Kier alpha value is -3.48. The van der Waals surface area contributed by atoms with Gasteiger partial charge < -0.3 is 20.5 Å². The van der Waals surface area contributed by atoms with Gasteiger partial charge in [0.25, 0.3) is 11.8 Å². The molecular weight excluding hydrogens is 388 g/mol. The number of imide groups is 1. The van der Waals surface area contributed by atoms with Gasteiger partial charge in [-0.05, 0) is 30.7 Å². The van der Waals surface area contributed by atoms with Crippen LogP contribution in [-0.4, -0.2) is 54.7 Å². The van der Waals surface area contributed by atoms with Gasteiger partial charge in [0.1, 0.15) is 12.2 Å². The van der Waals surface area contributed by atoms with E-state index in [1.807, 2.05) is 13.0 Å². The van der Waals surface area contributed by atoms with E-state index in [1.165, 1.54) is 12.1 Å². The first-order valence-electron chi connectivity index (χ1n) is 9.41. The summed E-state index contributed by atoms with van der Waals surface area (Å²) in [7, 11) is 1.56. The molecule has 0 radical (unpaired) electrons. The van der Waals surface area contributed by atoms with Crippen molar-refractivity contribution in [3.05, 3.63) is 53.1 Å². The summed E-state index contributed by atoms with van der Waals surface area (Å²) >= 11 is 0. The molecule has 3 atom stereocenters. The summed E-state index contributed by atoms with van der Waals surface area (Å²) in [4.78, 5) is 38.6. The second-order valence-electron chi connectivity index (χ2n) is 6.72. The van der Waals surface area contributed by atoms with E-state index in [4.69, 9.17) is 15.2 Å². The Bertz CT molecular complexity index is 978. The van der Waals surface area contributed by atoms with Crippen molar-refractivity contribution in [1.29, 1.82) is 5.26 Å². The highest BCUT2D eigenvalue weighted by molar-refractivity contribution is 6.24. The molecule has 1 aliphatic carbocycles. The summed E-state index contributed by atoms with van der Waals surface area (Å²) in [5.74, 6) is -1.14. The van der Waals surface area contributed by atoms with Crippen molar-refractivity contribution in [2.75, 3.05) is 19.0 Å². The summed E-state index contributed by atoms with van der Waals surface area (Å²) < 4.78 is 11.1. The number of rotatable bonds is 7. The third kappa shape index (κ3) is 3.83. The Labute approximate surface area is 173 Å². The van der Waals surface area contributed by atoms with Crippen LogP contribution in [0.3, 0.4) is 0 Å². The lowest BCUT2D eigenvalue weighted by atomic mass is 9.94. The van der Waals surface area contributed by atoms with Gasteiger partial charge in [-0.1, -0.05) is 18.2 Å². The fourth-order valence-electron chi connectivity index (χ4n) is 3.69. The van der Waals surface area contributed by atoms with E-state index >= 15 is 0 Å². The minimum atomic E-state index is -0.848. The van der Waals surface area contributed by atoms with E-state index in [0.717, 1.165) is 4.90 Å². The van der Waals surface area contributed by atoms with Crippen LogP contribution in [0.25, 0.3) is 0 Å². The van der Waals surface area contributed by atoms with Gasteiger partial charge in [0.15, 0.2) is 0 Å². The van der Waals surface area contributed by atoms with E-state index < -0.39 is 30.0 Å². The molecule has 1 heterocycles. The summed E-state index contributed by atoms with van der Waals surface area (Å²) in [5.41, 5.74) is 6.13. The van der Waals surface area contributed by atoms with Gasteiger partial charge in [0.05, 0.1) is 35.3 Å². The lowest BCUT2D eigenvalue weighted by Crippen LogP contribution is -2.42. The molecule has 0 aromatic heterocycles. The molecule has 9 nitrogen and oxygen atoms in total. The van der Waals surface area contributed by atoms with Gasteiger partial charge >= 0.3 is 6.03 Å². The zero-order valence-corrected chi connectivity index (χ0v) is 16.6. The fraction of sp³-hybridized carbons (Fsp3) is 0.333. The highest BCUT2D eigenvalue weighted by Crippen LogP contribution is 2.34. The zero-order valence-electron chi connectivity index (χ0n) is 16.6. The number of amides is 4. The molecule has 9 heteroatoms. The van der Waals surface area contributed by atoms with E-state index in [2.05, 4.69) is 5.32 Å². The minimum Gasteiger partial charge on any atom is -0.374 e. The molecule has 0 spiro atoms. The number of benzene rings is 1. The van der Waals surface area contributed by atoms with Crippen LogP contribution >= 0.6 is 0 Å². The van der Waals surface area contributed by atoms with Gasteiger partial charge in [0, 0.05) is 13.7 Å². The number of nitrogens with two attached hydrogens (primary N) is 1. The van der Waals surface area contributed by atoms with Crippen molar-refractivity contribution in [3.63, 3.8) is 0 Å². The second kappa shape index (κ2) is 8.90. The molecule has 1 aromatic carbocycles. The van der Waals surface area contributed by atoms with E-state index in [1.54, 1.807) is 31.4 Å². The Balaban J connectivity index is 2.00. The number of nitrogens with zero attached hydrogens (tertiary/aromatic N) is 2. The van der Waals surface area contributed by atoms with Crippen molar-refractivity contribution >= 4 is 23.5 Å². The van der Waals surface area contributed by atoms with Crippen molar-refractivity contribution < 1.29 is 23.9 Å². The maximum absolute atomic E-state index is 13.2. The van der Waals surface area contributed by atoms with Gasteiger partial charge in [-0.3, -0.25) is 14.5 Å². The number of carbonyl (C=O) groups is 3. The third-order valence-electron chi connectivity index (χ3n) is 4.98. The second-order valence-corrected chi connectivity index (χ2v) is 6.72. The van der Waals surface area contributed by atoms with Crippen LogP contribution < -0.4 is 11.1 Å². The number of urea groups is 1. The molecule has 1 aromatic rings. The summed E-state index contributed by atoms with van der Waals surface area (Å²) in [6, 6.07) is 4.92. The number of methoxy groups -OCH3 is 1. The van der Waals surface area contributed by atoms with Crippen LogP contribution in [0.4, 0.5) is 10.5 Å². The molecule has 0 bridgehead atoms. The van der Waals surface area contributed by atoms with E-state index in [-0.39, 0.29) is 29.3 Å². The number of primary amides is 1. The molecule has 3 unspecified atom stereocenters. The largest absolute Gasteiger partial charge is 0.374 e. The number of carbonyl (C=O) groups excluding carboxylic acids is 3. The summed E-state index contributed by atoms with van der Waals surface area (Å²) in [5, 5.41) is 11.8. The Morgan fingerprint density at radius 2 is 2.10 bits per heavy atom. The predicted octanol–water partition coefficient (Wildman–Crippen LogP) is 1.97. The standard InChI is InChI=1S/C21H22N4O5/c1-3-30-17-11-12(7-8-16(17)29-2)15(9-10-22)25-19(26)13-5-4-6-14(24-21(23)28)18(13)20(25)27/h4-8,11,15-17H,3,9H2,1-2H3,(H3,23,24,28). The number of nitrogens with one attached hydrogen (secondary N) is 1.